The topological polar surface area (TPSA) is 113 Å². The highest BCUT2D eigenvalue weighted by atomic mass is 32.2. The maximum Gasteiger partial charge on any atom is 0.271 e. The number of nitrogens with zero attached hydrogens (tertiary/aromatic N) is 3. The predicted octanol–water partition coefficient (Wildman–Crippen LogP) is 2.63. The van der Waals surface area contributed by atoms with Gasteiger partial charge in [-0.25, -0.2) is 8.42 Å². The standard InChI is InChI=1S/C21H26N4O5S/c1-16-7-9-20(10-8-16)31(29,30)24-12-4-11-23(13-14-24)17(2)21(26)22-18-5-3-6-19(15-18)25(27)28/h3,5-10,15,17H,4,11-14H2,1-2H3,(H,22,26)/t17-/m0/s1. The number of nitro benzene ring substituents is 1. The van der Waals surface area contributed by atoms with Crippen LogP contribution >= 0.6 is 0 Å². The minimum Gasteiger partial charge on any atom is -0.324 e. The fraction of sp³-hybridized carbons (Fsp3) is 0.381. The molecule has 31 heavy (non-hydrogen) atoms. The summed E-state index contributed by atoms with van der Waals surface area (Å²) in [6.07, 6.45) is 0.597. The van der Waals surface area contributed by atoms with Crippen molar-refractivity contribution in [1.82, 2.24) is 9.21 Å². The largest absolute Gasteiger partial charge is 0.324 e. The van der Waals surface area contributed by atoms with Gasteiger partial charge in [0.2, 0.25) is 15.9 Å². The number of sulfonamides is 1. The zero-order chi connectivity index (χ0) is 22.6. The molecule has 1 saturated heterocycles. The first-order chi connectivity index (χ1) is 14.7. The van der Waals surface area contributed by atoms with Crippen molar-refractivity contribution in [2.24, 2.45) is 0 Å². The molecular weight excluding hydrogens is 420 g/mol. The molecule has 1 aliphatic rings. The Kier molecular flexibility index (Phi) is 7.04. The third-order valence-corrected chi connectivity index (χ3v) is 7.31. The molecule has 0 aliphatic carbocycles. The Labute approximate surface area is 181 Å². The van der Waals surface area contributed by atoms with Crippen molar-refractivity contribution in [3.8, 4) is 0 Å². The Bertz CT molecular complexity index is 1060. The summed E-state index contributed by atoms with van der Waals surface area (Å²) in [6, 6.07) is 12.0. The normalized spacial score (nSPS) is 17.0. The van der Waals surface area contributed by atoms with Gasteiger partial charge in [-0.3, -0.25) is 19.8 Å². The van der Waals surface area contributed by atoms with E-state index in [4.69, 9.17) is 0 Å². The molecule has 0 aromatic heterocycles. The second-order valence-corrected chi connectivity index (χ2v) is 9.52. The Hall–Kier alpha value is -2.82. The summed E-state index contributed by atoms with van der Waals surface area (Å²) in [5.41, 5.74) is 1.24. The summed E-state index contributed by atoms with van der Waals surface area (Å²) in [6.45, 7) is 5.30. The first-order valence-corrected chi connectivity index (χ1v) is 11.5. The van der Waals surface area contributed by atoms with Gasteiger partial charge in [0.05, 0.1) is 15.9 Å². The first kappa shape index (κ1) is 22.9. The fourth-order valence-electron chi connectivity index (χ4n) is 3.51. The van der Waals surface area contributed by atoms with Crippen LogP contribution in [0.4, 0.5) is 11.4 Å². The number of nitro groups is 1. The van der Waals surface area contributed by atoms with E-state index in [9.17, 15) is 23.3 Å². The van der Waals surface area contributed by atoms with Crippen LogP contribution < -0.4 is 5.32 Å². The molecule has 2 aromatic rings. The van der Waals surface area contributed by atoms with Crippen molar-refractivity contribution in [3.05, 3.63) is 64.2 Å². The van der Waals surface area contributed by atoms with E-state index in [0.717, 1.165) is 5.56 Å². The van der Waals surface area contributed by atoms with Crippen LogP contribution in [0, 0.1) is 17.0 Å². The van der Waals surface area contributed by atoms with E-state index in [0.29, 0.717) is 31.7 Å². The van der Waals surface area contributed by atoms with Gasteiger partial charge in [0.25, 0.3) is 5.69 Å². The lowest BCUT2D eigenvalue weighted by atomic mass is 10.2. The van der Waals surface area contributed by atoms with E-state index < -0.39 is 21.0 Å². The Morgan fingerprint density at radius 2 is 1.81 bits per heavy atom. The van der Waals surface area contributed by atoms with Crippen molar-refractivity contribution < 1.29 is 18.1 Å². The number of hydrogen-bond donors (Lipinski definition) is 1. The summed E-state index contributed by atoms with van der Waals surface area (Å²) in [4.78, 5) is 25.3. The van der Waals surface area contributed by atoms with Crippen molar-refractivity contribution in [2.45, 2.75) is 31.2 Å². The summed E-state index contributed by atoms with van der Waals surface area (Å²) in [5.74, 6) is -0.296. The molecule has 0 unspecified atom stereocenters. The summed E-state index contributed by atoms with van der Waals surface area (Å²) in [7, 11) is -3.59. The van der Waals surface area contributed by atoms with Crippen molar-refractivity contribution in [2.75, 3.05) is 31.5 Å². The average molecular weight is 447 g/mol. The lowest BCUT2D eigenvalue weighted by Crippen LogP contribution is -2.44. The quantitative estimate of drug-likeness (QED) is 0.539. The fourth-order valence-corrected chi connectivity index (χ4v) is 4.98. The van der Waals surface area contributed by atoms with Gasteiger partial charge in [-0.2, -0.15) is 4.31 Å². The minimum atomic E-state index is -3.59. The number of carbonyl (C=O) groups is 1. The second-order valence-electron chi connectivity index (χ2n) is 7.58. The van der Waals surface area contributed by atoms with Crippen LogP contribution in [0.2, 0.25) is 0 Å². The third kappa shape index (κ3) is 5.46. The highest BCUT2D eigenvalue weighted by molar-refractivity contribution is 7.89. The molecule has 1 amide bonds. The lowest BCUT2D eigenvalue weighted by molar-refractivity contribution is -0.384. The molecule has 10 heteroatoms. The molecule has 3 rings (SSSR count). The average Bonchev–Trinajstić information content (AvgIpc) is 3.00. The van der Waals surface area contributed by atoms with Crippen LogP contribution in [0.1, 0.15) is 18.9 Å². The number of rotatable bonds is 6. The van der Waals surface area contributed by atoms with Gasteiger partial charge in [-0.05, 0) is 38.5 Å². The Morgan fingerprint density at radius 1 is 1.10 bits per heavy atom. The molecule has 166 valence electrons. The first-order valence-electron chi connectivity index (χ1n) is 10.0. The van der Waals surface area contributed by atoms with E-state index in [1.165, 1.54) is 22.5 Å². The molecule has 2 aromatic carbocycles. The maximum absolute atomic E-state index is 13.0. The highest BCUT2D eigenvalue weighted by Crippen LogP contribution is 2.20. The number of aryl methyl sites for hydroxylation is 1. The smallest absolute Gasteiger partial charge is 0.271 e. The molecule has 1 aliphatic heterocycles. The van der Waals surface area contributed by atoms with Crippen LogP contribution in [-0.4, -0.2) is 60.7 Å². The zero-order valence-corrected chi connectivity index (χ0v) is 18.3. The number of anilines is 1. The molecule has 9 nitrogen and oxygen atoms in total. The van der Waals surface area contributed by atoms with E-state index in [-0.39, 0.29) is 23.0 Å². The predicted molar refractivity (Wildman–Crippen MR) is 117 cm³/mol. The number of non-ortho nitro benzene ring substituents is 1. The molecule has 0 radical (unpaired) electrons. The van der Waals surface area contributed by atoms with Crippen LogP contribution in [-0.2, 0) is 14.8 Å². The van der Waals surface area contributed by atoms with Crippen LogP contribution in [0.15, 0.2) is 53.4 Å². The minimum absolute atomic E-state index is 0.0998. The van der Waals surface area contributed by atoms with Gasteiger partial charge < -0.3 is 5.32 Å². The SMILES string of the molecule is Cc1ccc(S(=O)(=O)N2CCCN([C@@H](C)C(=O)Nc3cccc([N+](=O)[O-])c3)CC2)cc1. The zero-order valence-electron chi connectivity index (χ0n) is 17.5. The van der Waals surface area contributed by atoms with Crippen LogP contribution in [0.5, 0.6) is 0 Å². The van der Waals surface area contributed by atoms with Gasteiger partial charge in [0.15, 0.2) is 0 Å². The van der Waals surface area contributed by atoms with Crippen molar-refractivity contribution in [3.63, 3.8) is 0 Å². The van der Waals surface area contributed by atoms with E-state index in [2.05, 4.69) is 5.32 Å². The monoisotopic (exact) mass is 446 g/mol. The van der Waals surface area contributed by atoms with Gasteiger partial charge in [-0.15, -0.1) is 0 Å². The number of amides is 1. The van der Waals surface area contributed by atoms with Crippen molar-refractivity contribution in [1.29, 1.82) is 0 Å². The molecule has 1 atom stereocenters. The van der Waals surface area contributed by atoms with E-state index >= 15 is 0 Å². The summed E-state index contributed by atoms with van der Waals surface area (Å²) in [5, 5.41) is 13.6. The third-order valence-electron chi connectivity index (χ3n) is 5.40. The molecule has 1 N–H and O–H groups in total. The summed E-state index contributed by atoms with van der Waals surface area (Å²) < 4.78 is 27.4. The molecule has 1 heterocycles. The van der Waals surface area contributed by atoms with Crippen LogP contribution in [0.25, 0.3) is 0 Å². The molecule has 1 fully saturated rings. The maximum atomic E-state index is 13.0. The van der Waals surface area contributed by atoms with Crippen LogP contribution in [0.3, 0.4) is 0 Å². The molecular formula is C21H26N4O5S. The van der Waals surface area contributed by atoms with E-state index in [1.54, 1.807) is 37.3 Å². The summed E-state index contributed by atoms with van der Waals surface area (Å²) >= 11 is 0. The Morgan fingerprint density at radius 3 is 2.48 bits per heavy atom. The van der Waals surface area contributed by atoms with Crippen molar-refractivity contribution >= 4 is 27.3 Å². The van der Waals surface area contributed by atoms with Gasteiger partial charge in [-0.1, -0.05) is 23.8 Å². The lowest BCUT2D eigenvalue weighted by Gasteiger charge is -2.27. The number of hydrogen-bond acceptors (Lipinski definition) is 6. The molecule has 0 spiro atoms. The number of benzene rings is 2. The van der Waals surface area contributed by atoms with Gasteiger partial charge >= 0.3 is 0 Å². The molecule has 0 bridgehead atoms. The van der Waals surface area contributed by atoms with Gasteiger partial charge in [0.1, 0.15) is 0 Å². The highest BCUT2D eigenvalue weighted by Gasteiger charge is 2.30. The Balaban J connectivity index is 1.64. The number of carbonyl (C=O) groups excluding carboxylic acids is 1. The van der Waals surface area contributed by atoms with E-state index in [1.807, 2.05) is 11.8 Å². The van der Waals surface area contributed by atoms with Gasteiger partial charge in [0, 0.05) is 44.0 Å². The second kappa shape index (κ2) is 9.54. The number of nitrogens with one attached hydrogen (secondary N) is 1. The molecule has 0 saturated carbocycles.